The Hall–Kier alpha value is -3.49. The molecule has 3 aromatic carbocycles. The average molecular weight is 590 g/mol. The van der Waals surface area contributed by atoms with Crippen molar-refractivity contribution in [1.29, 1.82) is 0 Å². The van der Waals surface area contributed by atoms with Crippen LogP contribution >= 0.6 is 0 Å². The molecule has 0 bridgehead atoms. The molecule has 3 aromatic rings. The third-order valence-electron chi connectivity index (χ3n) is 5.24. The van der Waals surface area contributed by atoms with E-state index in [2.05, 4.69) is 4.18 Å². The van der Waals surface area contributed by atoms with E-state index in [-0.39, 0.29) is 23.9 Å². The first-order valence-corrected chi connectivity index (χ1v) is 12.3. The first-order chi connectivity index (χ1) is 17.8. The zero-order valence-corrected chi connectivity index (χ0v) is 20.1. The summed E-state index contributed by atoms with van der Waals surface area (Å²) in [7, 11) is -4.21. The molecule has 4 nitrogen and oxygen atoms in total. The number of hydrogen-bond donors (Lipinski definition) is 0. The first kappa shape index (κ1) is 30.1. The second kappa shape index (κ2) is 9.92. The maximum atomic E-state index is 15.0. The summed E-state index contributed by atoms with van der Waals surface area (Å²) in [5.41, 5.74) is -3.99. The van der Waals surface area contributed by atoms with E-state index in [1.54, 1.807) is 0 Å². The maximum Gasteiger partial charge on any atom is 0.385 e. The second-order valence-corrected chi connectivity index (χ2v) is 9.67. The van der Waals surface area contributed by atoms with Gasteiger partial charge >= 0.3 is 39.7 Å². The van der Waals surface area contributed by atoms with Crippen molar-refractivity contribution in [2.45, 2.75) is 29.6 Å². The molecular weight excluding hydrogens is 574 g/mol. The Bertz CT molecular complexity index is 1410. The van der Waals surface area contributed by atoms with Gasteiger partial charge in [-0.1, -0.05) is 30.3 Å². The zero-order chi connectivity index (χ0) is 29.5. The third kappa shape index (κ3) is 5.36. The highest BCUT2D eigenvalue weighted by atomic mass is 32.2. The van der Waals surface area contributed by atoms with Crippen LogP contribution in [-0.2, 0) is 22.0 Å². The largest absolute Gasteiger partial charge is 0.457 e. The number of halogens is 10. The highest BCUT2D eigenvalue weighted by Gasteiger charge is 2.86. The van der Waals surface area contributed by atoms with Crippen LogP contribution in [0.5, 0.6) is 17.2 Å². The van der Waals surface area contributed by atoms with E-state index in [0.717, 1.165) is 6.07 Å². The van der Waals surface area contributed by atoms with Crippen molar-refractivity contribution in [2.24, 2.45) is 0 Å². The molecule has 0 N–H and O–H groups in total. The fourth-order valence-corrected chi connectivity index (χ4v) is 3.73. The van der Waals surface area contributed by atoms with E-state index in [1.807, 2.05) is 0 Å². The quantitative estimate of drug-likeness (QED) is 0.180. The lowest BCUT2D eigenvalue weighted by Crippen LogP contribution is -2.65. The molecule has 39 heavy (non-hydrogen) atoms. The number of hydrogen-bond acceptors (Lipinski definition) is 4. The summed E-state index contributed by atoms with van der Waals surface area (Å²) in [6, 6.07) is 9.76. The third-order valence-corrected chi connectivity index (χ3v) is 5.73. The van der Waals surface area contributed by atoms with Crippen LogP contribution in [0, 0.1) is 0 Å². The molecule has 0 aliphatic carbocycles. The van der Waals surface area contributed by atoms with Crippen molar-refractivity contribution in [1.82, 2.24) is 0 Å². The Balaban J connectivity index is 2.03. The lowest BCUT2D eigenvalue weighted by Gasteiger charge is -2.39. The van der Waals surface area contributed by atoms with Gasteiger partial charge in [0.2, 0.25) is 0 Å². The Labute approximate surface area is 214 Å². The van der Waals surface area contributed by atoms with Gasteiger partial charge in [-0.2, -0.15) is 52.3 Å². The molecule has 0 radical (unpaired) electrons. The average Bonchev–Trinajstić information content (AvgIpc) is 2.84. The highest BCUT2D eigenvalue weighted by molar-refractivity contribution is 7.86. The predicted molar refractivity (Wildman–Crippen MR) is 118 cm³/mol. The number of benzene rings is 3. The summed E-state index contributed by atoms with van der Waals surface area (Å²) in [5, 5.41) is 0. The molecule has 0 atom stereocenters. The standard InChI is InChI=1S/C24H16F10O4S/c1-39(35,36)38-17-13-11-15(12-14-17)20(25,26)22(29,30)24(33,34)23(31,32)21(27,28)18-9-5-6-10-19(18)37-16-7-3-2-4-8-16/h2-14H,1H3. The molecule has 15 heteroatoms. The van der Waals surface area contributed by atoms with Crippen molar-refractivity contribution >= 4 is 10.1 Å². The minimum atomic E-state index is -7.35. The van der Waals surface area contributed by atoms with Crippen LogP contribution < -0.4 is 8.92 Å². The molecule has 3 rings (SSSR count). The van der Waals surface area contributed by atoms with Gasteiger partial charge in [0, 0.05) is 5.56 Å². The molecule has 0 fully saturated rings. The predicted octanol–water partition coefficient (Wildman–Crippen LogP) is 7.61. The van der Waals surface area contributed by atoms with Crippen LogP contribution in [0.1, 0.15) is 11.1 Å². The van der Waals surface area contributed by atoms with E-state index < -0.39 is 62.4 Å². The molecular formula is C24H16F10O4S. The lowest BCUT2D eigenvalue weighted by molar-refractivity contribution is -0.407. The summed E-state index contributed by atoms with van der Waals surface area (Å²) < 4.78 is 178. The Morgan fingerprint density at radius 1 is 0.564 bits per heavy atom. The van der Waals surface area contributed by atoms with Crippen LogP contribution in [0.15, 0.2) is 78.9 Å². The number of ether oxygens (including phenoxy) is 1. The normalized spacial score (nSPS) is 13.7. The Morgan fingerprint density at radius 2 is 1.05 bits per heavy atom. The van der Waals surface area contributed by atoms with Crippen molar-refractivity contribution in [3.8, 4) is 17.2 Å². The molecule has 0 aromatic heterocycles. The van der Waals surface area contributed by atoms with Crippen molar-refractivity contribution in [2.75, 3.05) is 6.26 Å². The molecule has 0 amide bonds. The van der Waals surface area contributed by atoms with Gasteiger partial charge in [-0.15, -0.1) is 0 Å². The lowest BCUT2D eigenvalue weighted by atomic mass is 9.88. The second-order valence-electron chi connectivity index (χ2n) is 8.10. The van der Waals surface area contributed by atoms with E-state index in [0.29, 0.717) is 30.5 Å². The van der Waals surface area contributed by atoms with Crippen LogP contribution in [0.3, 0.4) is 0 Å². The van der Waals surface area contributed by atoms with Crippen LogP contribution in [0.2, 0.25) is 0 Å². The molecule has 0 aliphatic rings. The fourth-order valence-electron chi connectivity index (χ4n) is 3.27. The number of rotatable bonds is 10. The van der Waals surface area contributed by atoms with Gasteiger partial charge in [-0.05, 0) is 48.5 Å². The topological polar surface area (TPSA) is 52.6 Å². The van der Waals surface area contributed by atoms with Gasteiger partial charge in [0.1, 0.15) is 17.2 Å². The van der Waals surface area contributed by atoms with E-state index in [9.17, 15) is 52.3 Å². The first-order valence-electron chi connectivity index (χ1n) is 10.5. The molecule has 212 valence electrons. The Kier molecular flexibility index (Phi) is 7.64. The van der Waals surface area contributed by atoms with Gasteiger partial charge in [0.05, 0.1) is 11.8 Å². The molecule has 0 saturated heterocycles. The smallest absolute Gasteiger partial charge is 0.385 e. The number of para-hydroxylation sites is 2. The summed E-state index contributed by atoms with van der Waals surface area (Å²) in [6.07, 6.45) is 0.537. The highest BCUT2D eigenvalue weighted by Crippen LogP contribution is 2.62. The Morgan fingerprint density at radius 3 is 1.59 bits per heavy atom. The van der Waals surface area contributed by atoms with Crippen LogP contribution in [-0.4, -0.2) is 32.4 Å². The SMILES string of the molecule is CS(=O)(=O)Oc1ccc(C(F)(F)C(F)(F)C(F)(F)C(F)(F)C(F)(F)c2ccccc2Oc2ccccc2)cc1. The van der Waals surface area contributed by atoms with E-state index in [1.165, 1.54) is 30.3 Å². The van der Waals surface area contributed by atoms with Crippen molar-refractivity contribution < 1.29 is 61.2 Å². The van der Waals surface area contributed by atoms with Gasteiger partial charge in [0.15, 0.2) is 0 Å². The molecule has 0 spiro atoms. The maximum absolute atomic E-state index is 15.0. The minimum Gasteiger partial charge on any atom is -0.457 e. The molecule has 0 aliphatic heterocycles. The zero-order valence-electron chi connectivity index (χ0n) is 19.3. The summed E-state index contributed by atoms with van der Waals surface area (Å²) >= 11 is 0. The molecule has 0 heterocycles. The summed E-state index contributed by atoms with van der Waals surface area (Å²) in [4.78, 5) is 0. The number of alkyl halides is 10. The fraction of sp³-hybridized carbons (Fsp3) is 0.250. The monoisotopic (exact) mass is 590 g/mol. The van der Waals surface area contributed by atoms with Crippen LogP contribution in [0.4, 0.5) is 43.9 Å². The summed E-state index contributed by atoms with van der Waals surface area (Å²) in [6.45, 7) is 0. The minimum absolute atomic E-state index is 0.0101. The van der Waals surface area contributed by atoms with Gasteiger partial charge in [-0.3, -0.25) is 0 Å². The summed E-state index contributed by atoms with van der Waals surface area (Å²) in [5.74, 6) is -35.9. The van der Waals surface area contributed by atoms with Gasteiger partial charge in [0.25, 0.3) is 0 Å². The van der Waals surface area contributed by atoms with Gasteiger partial charge in [-0.25, -0.2) is 0 Å². The van der Waals surface area contributed by atoms with E-state index >= 15 is 0 Å². The van der Waals surface area contributed by atoms with Crippen molar-refractivity contribution in [3.05, 3.63) is 90.0 Å². The van der Waals surface area contributed by atoms with Crippen LogP contribution in [0.25, 0.3) is 0 Å². The van der Waals surface area contributed by atoms with E-state index in [4.69, 9.17) is 4.74 Å². The molecule has 0 saturated carbocycles. The molecule has 0 unspecified atom stereocenters. The van der Waals surface area contributed by atoms with Crippen molar-refractivity contribution in [3.63, 3.8) is 0 Å². The van der Waals surface area contributed by atoms with Gasteiger partial charge < -0.3 is 8.92 Å².